The van der Waals surface area contributed by atoms with Crippen LogP contribution in [0.15, 0.2) is 42.5 Å². The van der Waals surface area contributed by atoms with Gasteiger partial charge in [0.15, 0.2) is 0 Å². The minimum absolute atomic E-state index is 0.0393. The van der Waals surface area contributed by atoms with Crippen LogP contribution < -0.4 is 21.3 Å². The van der Waals surface area contributed by atoms with Crippen molar-refractivity contribution in [3.8, 4) is 0 Å². The summed E-state index contributed by atoms with van der Waals surface area (Å²) >= 11 is 5.96. The third-order valence-electron chi connectivity index (χ3n) is 6.88. The van der Waals surface area contributed by atoms with Gasteiger partial charge in [-0.2, -0.15) is 13.2 Å². The molecule has 1 saturated carbocycles. The van der Waals surface area contributed by atoms with Gasteiger partial charge in [-0.25, -0.2) is 4.79 Å². The largest absolute Gasteiger partial charge is 0.418 e. The number of nitrogens with zero attached hydrogens (tertiary/aromatic N) is 2. The number of nitrogens with two attached hydrogens (primary N) is 1. The second-order valence-electron chi connectivity index (χ2n) is 9.30. The van der Waals surface area contributed by atoms with Gasteiger partial charge in [-0.3, -0.25) is 0 Å². The van der Waals surface area contributed by atoms with E-state index >= 15 is 0 Å². The number of amides is 2. The average molecular weight is 510 g/mol. The van der Waals surface area contributed by atoms with E-state index < -0.39 is 11.7 Å². The summed E-state index contributed by atoms with van der Waals surface area (Å²) in [6.45, 7) is 3.47. The Kier molecular flexibility index (Phi) is 7.84. The molecule has 2 aliphatic rings. The number of hydrogen-bond donors (Lipinski definition) is 3. The highest BCUT2D eigenvalue weighted by Gasteiger charge is 2.33. The number of carbonyl (C=O) groups excluding carboxylic acids is 1. The number of carbonyl (C=O) groups is 1. The molecule has 2 fully saturated rings. The quantitative estimate of drug-likeness (QED) is 0.469. The summed E-state index contributed by atoms with van der Waals surface area (Å²) < 4.78 is 39.3. The number of urea groups is 1. The van der Waals surface area contributed by atoms with Crippen LogP contribution in [0.5, 0.6) is 0 Å². The molecular weight excluding hydrogens is 479 g/mol. The van der Waals surface area contributed by atoms with Crippen molar-refractivity contribution in [1.82, 2.24) is 10.2 Å². The predicted octanol–water partition coefficient (Wildman–Crippen LogP) is 5.44. The van der Waals surface area contributed by atoms with Crippen LogP contribution in [0.1, 0.15) is 31.2 Å². The van der Waals surface area contributed by atoms with Crippen LogP contribution in [-0.2, 0) is 6.18 Å². The Hall–Kier alpha value is -2.81. The number of halogens is 4. The number of nitrogens with one attached hydrogen (secondary N) is 2. The van der Waals surface area contributed by atoms with Crippen molar-refractivity contribution in [3.63, 3.8) is 0 Å². The molecule has 6 nitrogen and oxygen atoms in total. The Morgan fingerprint density at radius 2 is 1.66 bits per heavy atom. The highest BCUT2D eigenvalue weighted by molar-refractivity contribution is 6.30. The number of nitrogen functional groups attached to an aromatic ring is 1. The van der Waals surface area contributed by atoms with Crippen molar-refractivity contribution in [2.45, 2.75) is 37.9 Å². The Balaban J connectivity index is 1.17. The second kappa shape index (κ2) is 10.8. The maximum atomic E-state index is 13.1. The van der Waals surface area contributed by atoms with Crippen molar-refractivity contribution in [3.05, 3.63) is 53.1 Å². The van der Waals surface area contributed by atoms with E-state index in [-0.39, 0.29) is 17.8 Å². The minimum Gasteiger partial charge on any atom is -0.398 e. The number of piperazine rings is 1. The van der Waals surface area contributed by atoms with E-state index in [0.29, 0.717) is 36.3 Å². The summed E-state index contributed by atoms with van der Waals surface area (Å²) in [5.41, 5.74) is 5.94. The van der Waals surface area contributed by atoms with E-state index in [1.165, 1.54) is 6.07 Å². The molecule has 0 spiro atoms. The standard InChI is InChI=1S/C25H31ClF3N5O/c26-18-3-8-21(9-4-18)33-11-13-34(14-12-33)24(35)31-16-17-1-5-19(6-2-17)32-20-7-10-23(30)22(15-20)25(27,28)29/h3-4,7-10,15,17,19,32H,1-2,5-6,11-14,16,30H2,(H,31,35). The summed E-state index contributed by atoms with van der Waals surface area (Å²) in [5, 5.41) is 6.99. The molecule has 0 radical (unpaired) electrons. The molecule has 0 bridgehead atoms. The molecule has 4 N–H and O–H groups in total. The summed E-state index contributed by atoms with van der Waals surface area (Å²) in [5.74, 6) is 0.365. The molecule has 0 aromatic heterocycles. The Bertz CT molecular complexity index is 1000. The van der Waals surface area contributed by atoms with Gasteiger partial charge in [0.2, 0.25) is 0 Å². The van der Waals surface area contributed by atoms with Crippen LogP contribution in [-0.4, -0.2) is 49.7 Å². The van der Waals surface area contributed by atoms with Gasteiger partial charge in [-0.15, -0.1) is 0 Å². The molecule has 35 heavy (non-hydrogen) atoms. The molecule has 1 aliphatic carbocycles. The molecule has 2 amide bonds. The molecule has 190 valence electrons. The van der Waals surface area contributed by atoms with Gasteiger partial charge in [0.25, 0.3) is 0 Å². The lowest BCUT2D eigenvalue weighted by atomic mass is 9.86. The van der Waals surface area contributed by atoms with Crippen molar-refractivity contribution in [1.29, 1.82) is 0 Å². The third-order valence-corrected chi connectivity index (χ3v) is 7.13. The Labute approximate surface area is 208 Å². The van der Waals surface area contributed by atoms with Crippen LogP contribution >= 0.6 is 11.6 Å². The fourth-order valence-electron chi connectivity index (χ4n) is 4.80. The first-order valence-electron chi connectivity index (χ1n) is 12.0. The number of benzene rings is 2. The number of alkyl halides is 3. The van der Waals surface area contributed by atoms with Crippen LogP contribution in [0.4, 0.5) is 35.0 Å². The highest BCUT2D eigenvalue weighted by Crippen LogP contribution is 2.36. The third kappa shape index (κ3) is 6.66. The van der Waals surface area contributed by atoms with Crippen molar-refractivity contribution >= 4 is 34.7 Å². The molecule has 4 rings (SSSR count). The molecule has 0 unspecified atom stereocenters. The van der Waals surface area contributed by atoms with E-state index in [9.17, 15) is 18.0 Å². The molecule has 1 aliphatic heterocycles. The molecule has 2 aromatic rings. The fraction of sp³-hybridized carbons (Fsp3) is 0.480. The second-order valence-corrected chi connectivity index (χ2v) is 9.73. The Morgan fingerprint density at radius 1 is 1.00 bits per heavy atom. The average Bonchev–Trinajstić information content (AvgIpc) is 2.84. The smallest absolute Gasteiger partial charge is 0.398 e. The van der Waals surface area contributed by atoms with Crippen molar-refractivity contribution in [2.24, 2.45) is 5.92 Å². The van der Waals surface area contributed by atoms with Gasteiger partial charge in [-0.05, 0) is 74.1 Å². The van der Waals surface area contributed by atoms with Gasteiger partial charge in [0.1, 0.15) is 0 Å². The number of anilines is 3. The lowest BCUT2D eigenvalue weighted by molar-refractivity contribution is -0.136. The molecule has 0 atom stereocenters. The van der Waals surface area contributed by atoms with Gasteiger partial charge in [0, 0.05) is 60.9 Å². The Morgan fingerprint density at radius 3 is 2.29 bits per heavy atom. The minimum atomic E-state index is -4.47. The summed E-state index contributed by atoms with van der Waals surface area (Å²) in [7, 11) is 0. The molecule has 10 heteroatoms. The molecular formula is C25H31ClF3N5O. The summed E-state index contributed by atoms with van der Waals surface area (Å²) in [6.07, 6.45) is -0.981. The van der Waals surface area contributed by atoms with Gasteiger partial charge >= 0.3 is 12.2 Å². The van der Waals surface area contributed by atoms with E-state index in [1.807, 2.05) is 29.2 Å². The maximum Gasteiger partial charge on any atom is 0.418 e. The summed E-state index contributed by atoms with van der Waals surface area (Å²) in [4.78, 5) is 16.7. The first kappa shape index (κ1) is 25.3. The van der Waals surface area contributed by atoms with E-state index in [0.717, 1.165) is 50.5 Å². The predicted molar refractivity (Wildman–Crippen MR) is 134 cm³/mol. The SMILES string of the molecule is Nc1ccc(NC2CCC(CNC(=O)N3CCN(c4ccc(Cl)cc4)CC3)CC2)cc1C(F)(F)F. The van der Waals surface area contributed by atoms with Crippen LogP contribution in [0.25, 0.3) is 0 Å². The zero-order chi connectivity index (χ0) is 25.0. The van der Waals surface area contributed by atoms with Crippen LogP contribution in [0.2, 0.25) is 5.02 Å². The maximum absolute atomic E-state index is 13.1. The topological polar surface area (TPSA) is 73.6 Å². The van der Waals surface area contributed by atoms with Crippen molar-refractivity contribution in [2.75, 3.05) is 48.7 Å². The van der Waals surface area contributed by atoms with Gasteiger partial charge in [-0.1, -0.05) is 11.6 Å². The van der Waals surface area contributed by atoms with E-state index in [4.69, 9.17) is 17.3 Å². The number of hydrogen-bond acceptors (Lipinski definition) is 4. The summed E-state index contributed by atoms with van der Waals surface area (Å²) in [6, 6.07) is 11.7. The highest BCUT2D eigenvalue weighted by atomic mass is 35.5. The molecule has 1 saturated heterocycles. The molecule has 2 aromatic carbocycles. The van der Waals surface area contributed by atoms with Crippen LogP contribution in [0.3, 0.4) is 0 Å². The fourth-order valence-corrected chi connectivity index (χ4v) is 4.93. The first-order valence-corrected chi connectivity index (χ1v) is 12.3. The van der Waals surface area contributed by atoms with Gasteiger partial charge < -0.3 is 26.2 Å². The first-order chi connectivity index (χ1) is 16.7. The number of rotatable bonds is 5. The normalized spacial score (nSPS) is 21.0. The molecule has 1 heterocycles. The lowest BCUT2D eigenvalue weighted by Crippen LogP contribution is -2.52. The zero-order valence-corrected chi connectivity index (χ0v) is 20.2. The van der Waals surface area contributed by atoms with Crippen LogP contribution in [0, 0.1) is 5.92 Å². The lowest BCUT2D eigenvalue weighted by Gasteiger charge is -2.36. The monoisotopic (exact) mass is 509 g/mol. The van der Waals surface area contributed by atoms with E-state index in [1.54, 1.807) is 6.07 Å². The van der Waals surface area contributed by atoms with Crippen molar-refractivity contribution < 1.29 is 18.0 Å². The van der Waals surface area contributed by atoms with Gasteiger partial charge in [0.05, 0.1) is 5.56 Å². The zero-order valence-electron chi connectivity index (χ0n) is 19.5. The van der Waals surface area contributed by atoms with E-state index in [2.05, 4.69) is 15.5 Å².